The highest BCUT2D eigenvalue weighted by Crippen LogP contribution is 2.16. The van der Waals surface area contributed by atoms with E-state index in [-0.39, 0.29) is 24.2 Å². The number of hydrogen-bond donors (Lipinski definition) is 2. The van der Waals surface area contributed by atoms with Crippen molar-refractivity contribution in [1.29, 1.82) is 0 Å². The van der Waals surface area contributed by atoms with Crippen molar-refractivity contribution >= 4 is 22.6 Å². The Bertz CT molecular complexity index is 1010. The zero-order chi connectivity index (χ0) is 21.5. The van der Waals surface area contributed by atoms with Gasteiger partial charge < -0.3 is 15.2 Å². The summed E-state index contributed by atoms with van der Waals surface area (Å²) >= 11 is 0. The zero-order valence-corrected chi connectivity index (χ0v) is 17.6. The molecule has 3 rings (SSSR count). The highest BCUT2D eigenvalue weighted by Gasteiger charge is 2.23. The van der Waals surface area contributed by atoms with E-state index in [0.717, 1.165) is 16.3 Å². The number of amides is 2. The second-order valence-corrected chi connectivity index (χ2v) is 7.78. The fourth-order valence-electron chi connectivity index (χ4n) is 3.30. The fourth-order valence-corrected chi connectivity index (χ4v) is 3.30. The number of aromatic nitrogens is 2. The second kappa shape index (κ2) is 10.0. The molecule has 158 valence electrons. The van der Waals surface area contributed by atoms with Gasteiger partial charge in [0, 0.05) is 13.0 Å². The number of nitrogens with zero attached hydrogens (tertiary/aromatic N) is 2. The molecule has 2 aromatic carbocycles. The van der Waals surface area contributed by atoms with Gasteiger partial charge in [-0.05, 0) is 35.6 Å². The van der Waals surface area contributed by atoms with Crippen LogP contribution in [0.5, 0.6) is 0 Å². The average Bonchev–Trinajstić information content (AvgIpc) is 3.14. The maximum Gasteiger partial charge on any atom is 0.242 e. The Hall–Kier alpha value is -3.22. The summed E-state index contributed by atoms with van der Waals surface area (Å²) in [6, 6.07) is 13.4. The molecule has 1 atom stereocenters. The minimum absolute atomic E-state index is 0.0239. The van der Waals surface area contributed by atoms with Crippen molar-refractivity contribution in [2.24, 2.45) is 5.92 Å². The lowest BCUT2D eigenvalue weighted by Crippen LogP contribution is -2.50. The summed E-state index contributed by atoms with van der Waals surface area (Å²) in [5.41, 5.74) is 0.920. The molecule has 3 aromatic rings. The molecule has 0 aliphatic carbocycles. The number of nitrogens with one attached hydrogen (secondary N) is 2. The van der Waals surface area contributed by atoms with Crippen molar-refractivity contribution in [1.82, 2.24) is 20.8 Å². The topological polar surface area (TPSA) is 97.1 Å². The molecule has 0 aliphatic heterocycles. The number of rotatable bonds is 9. The summed E-state index contributed by atoms with van der Waals surface area (Å²) in [6.07, 6.45) is 1.52. The highest BCUT2D eigenvalue weighted by molar-refractivity contribution is 5.89. The van der Waals surface area contributed by atoms with Crippen molar-refractivity contribution in [3.05, 3.63) is 59.7 Å². The van der Waals surface area contributed by atoms with Crippen LogP contribution in [0, 0.1) is 12.8 Å². The molecule has 2 N–H and O–H groups in total. The molecule has 2 amide bonds. The van der Waals surface area contributed by atoms with Gasteiger partial charge in [0.1, 0.15) is 6.04 Å². The summed E-state index contributed by atoms with van der Waals surface area (Å²) in [7, 11) is 0. The van der Waals surface area contributed by atoms with Crippen LogP contribution < -0.4 is 10.6 Å². The smallest absolute Gasteiger partial charge is 0.242 e. The Labute approximate surface area is 176 Å². The van der Waals surface area contributed by atoms with Crippen LogP contribution in [0.3, 0.4) is 0 Å². The van der Waals surface area contributed by atoms with E-state index in [4.69, 9.17) is 4.52 Å². The second-order valence-electron chi connectivity index (χ2n) is 7.78. The third kappa shape index (κ3) is 5.89. The minimum Gasteiger partial charge on any atom is -0.354 e. The number of hydrogen-bond acceptors (Lipinski definition) is 5. The first-order valence-corrected chi connectivity index (χ1v) is 10.3. The number of benzene rings is 2. The Morgan fingerprint density at radius 2 is 1.87 bits per heavy atom. The third-order valence-corrected chi connectivity index (χ3v) is 4.88. The van der Waals surface area contributed by atoms with Crippen molar-refractivity contribution in [3.63, 3.8) is 0 Å². The van der Waals surface area contributed by atoms with Crippen LogP contribution in [0.25, 0.3) is 10.8 Å². The largest absolute Gasteiger partial charge is 0.354 e. The molecule has 0 saturated heterocycles. The van der Waals surface area contributed by atoms with E-state index < -0.39 is 6.04 Å². The molecule has 0 saturated carbocycles. The van der Waals surface area contributed by atoms with Crippen LogP contribution >= 0.6 is 0 Å². The maximum atomic E-state index is 12.6. The van der Waals surface area contributed by atoms with Crippen molar-refractivity contribution in [3.8, 4) is 0 Å². The fraction of sp³-hybridized carbons (Fsp3) is 0.391. The van der Waals surface area contributed by atoms with Gasteiger partial charge >= 0.3 is 0 Å². The minimum atomic E-state index is -0.580. The zero-order valence-electron chi connectivity index (χ0n) is 17.6. The van der Waals surface area contributed by atoms with Crippen LogP contribution in [0.15, 0.2) is 47.0 Å². The van der Waals surface area contributed by atoms with Gasteiger partial charge in [-0.25, -0.2) is 0 Å². The number of carbonyl (C=O) groups excluding carboxylic acids is 2. The summed E-state index contributed by atoms with van der Waals surface area (Å²) < 4.78 is 5.06. The predicted molar refractivity (Wildman–Crippen MR) is 115 cm³/mol. The molecule has 1 aromatic heterocycles. The highest BCUT2D eigenvalue weighted by atomic mass is 16.5. The predicted octanol–water partition coefficient (Wildman–Crippen LogP) is 2.96. The summed E-state index contributed by atoms with van der Waals surface area (Å²) in [5, 5.41) is 11.7. The standard InChI is InChI=1S/C23H28N4O3/c1-15(2)22(23(29)24-12-6-9-21-25-16(3)27-30-21)26-20(28)14-17-10-11-18-7-4-5-8-19(18)13-17/h4-5,7-8,10-11,13,15,22H,6,9,12,14H2,1-3H3,(H,24,29)(H,26,28). The first kappa shape index (κ1) is 21.5. The van der Waals surface area contributed by atoms with Crippen LogP contribution in [-0.2, 0) is 22.4 Å². The summed E-state index contributed by atoms with van der Waals surface area (Å²) in [6.45, 7) is 6.08. The molecule has 0 aliphatic rings. The lowest BCUT2D eigenvalue weighted by molar-refractivity contribution is -0.129. The van der Waals surface area contributed by atoms with Gasteiger partial charge in [0.2, 0.25) is 17.7 Å². The molecule has 30 heavy (non-hydrogen) atoms. The molecular formula is C23H28N4O3. The monoisotopic (exact) mass is 408 g/mol. The van der Waals surface area contributed by atoms with Crippen molar-refractivity contribution < 1.29 is 14.1 Å². The van der Waals surface area contributed by atoms with Gasteiger partial charge in [-0.1, -0.05) is 61.5 Å². The molecule has 0 fully saturated rings. The Morgan fingerprint density at radius 1 is 1.10 bits per heavy atom. The Kier molecular flexibility index (Phi) is 7.17. The van der Waals surface area contributed by atoms with E-state index in [1.807, 2.05) is 56.3 Å². The Balaban J connectivity index is 1.50. The van der Waals surface area contributed by atoms with Gasteiger partial charge in [0.25, 0.3) is 0 Å². The summed E-state index contributed by atoms with van der Waals surface area (Å²) in [4.78, 5) is 29.3. The van der Waals surface area contributed by atoms with Crippen LogP contribution in [0.1, 0.15) is 37.5 Å². The van der Waals surface area contributed by atoms with Crippen LogP contribution in [0.4, 0.5) is 0 Å². The number of aryl methyl sites for hydroxylation is 2. The van der Waals surface area contributed by atoms with Crippen LogP contribution in [0.2, 0.25) is 0 Å². The SMILES string of the molecule is Cc1noc(CCCNC(=O)C(NC(=O)Cc2ccc3ccccc3c2)C(C)C)n1. The summed E-state index contributed by atoms with van der Waals surface area (Å²) in [5.74, 6) is 0.789. The third-order valence-electron chi connectivity index (χ3n) is 4.88. The quantitative estimate of drug-likeness (QED) is 0.531. The molecule has 0 radical (unpaired) electrons. The Morgan fingerprint density at radius 3 is 2.57 bits per heavy atom. The van der Waals surface area contributed by atoms with E-state index in [1.54, 1.807) is 6.92 Å². The lowest BCUT2D eigenvalue weighted by Gasteiger charge is -2.21. The number of carbonyl (C=O) groups is 2. The first-order valence-electron chi connectivity index (χ1n) is 10.3. The van der Waals surface area contributed by atoms with Crippen molar-refractivity contribution in [2.45, 2.75) is 46.1 Å². The molecule has 0 spiro atoms. The van der Waals surface area contributed by atoms with Gasteiger partial charge in [-0.15, -0.1) is 0 Å². The van der Waals surface area contributed by atoms with Gasteiger partial charge in [0.15, 0.2) is 5.82 Å². The molecular weight excluding hydrogens is 380 g/mol. The van der Waals surface area contributed by atoms with E-state index >= 15 is 0 Å². The normalized spacial score (nSPS) is 12.1. The van der Waals surface area contributed by atoms with Gasteiger partial charge in [0.05, 0.1) is 6.42 Å². The van der Waals surface area contributed by atoms with E-state index in [2.05, 4.69) is 20.8 Å². The lowest BCUT2D eigenvalue weighted by atomic mass is 10.0. The van der Waals surface area contributed by atoms with E-state index in [9.17, 15) is 9.59 Å². The molecule has 0 bridgehead atoms. The molecule has 7 nitrogen and oxygen atoms in total. The molecule has 1 heterocycles. The van der Waals surface area contributed by atoms with E-state index in [0.29, 0.717) is 31.1 Å². The maximum absolute atomic E-state index is 12.6. The van der Waals surface area contributed by atoms with Gasteiger partial charge in [-0.3, -0.25) is 9.59 Å². The van der Waals surface area contributed by atoms with Crippen LogP contribution in [-0.4, -0.2) is 34.5 Å². The molecule has 1 unspecified atom stereocenters. The first-order chi connectivity index (χ1) is 14.4. The molecule has 7 heteroatoms. The van der Waals surface area contributed by atoms with Gasteiger partial charge in [-0.2, -0.15) is 4.98 Å². The van der Waals surface area contributed by atoms with E-state index in [1.165, 1.54) is 0 Å². The average molecular weight is 409 g/mol. The van der Waals surface area contributed by atoms with Crippen molar-refractivity contribution in [2.75, 3.05) is 6.54 Å². The number of fused-ring (bicyclic) bond motifs is 1.